The van der Waals surface area contributed by atoms with Gasteiger partial charge in [0.15, 0.2) is 0 Å². The molecule has 0 radical (unpaired) electrons. The van der Waals surface area contributed by atoms with E-state index in [4.69, 9.17) is 25.3 Å². The number of hydrogen-bond acceptors (Lipinski definition) is 5. The predicted octanol–water partition coefficient (Wildman–Crippen LogP) is 2.00. The Morgan fingerprint density at radius 1 is 0.941 bits per heavy atom. The Bertz CT molecular complexity index is 256. The number of azide groups is 1. The second-order valence-electron chi connectivity index (χ2n) is 2.77. The first-order valence-corrected chi connectivity index (χ1v) is 5.16. The van der Waals surface area contributed by atoms with Gasteiger partial charge in [-0.1, -0.05) is 10.2 Å². The molecule has 0 aliphatic rings. The molecule has 0 aromatic rings. The normalized spacial score (nSPS) is 11.4. The average Bonchev–Trinajstić information content (AvgIpc) is 2.33. The van der Waals surface area contributed by atoms with E-state index in [1.807, 2.05) is 6.92 Å². The average molecular weight is 244 g/mol. The van der Waals surface area contributed by atoms with Crippen LogP contribution >= 0.6 is 0 Å². The van der Waals surface area contributed by atoms with Crippen LogP contribution in [-0.4, -0.2) is 45.8 Å². The minimum absolute atomic E-state index is 0.0446. The summed E-state index contributed by atoms with van der Waals surface area (Å²) in [6, 6.07) is 0. The maximum absolute atomic E-state index is 8.17. The van der Waals surface area contributed by atoms with Crippen molar-refractivity contribution in [1.82, 2.24) is 0 Å². The summed E-state index contributed by atoms with van der Waals surface area (Å²) >= 11 is 0. The Kier molecular flexibility index (Phi) is 11.5. The summed E-state index contributed by atoms with van der Waals surface area (Å²) in [4.78, 5) is 5.07. The lowest BCUT2D eigenvalue weighted by Crippen LogP contribution is -2.14. The second kappa shape index (κ2) is 12.6. The van der Waals surface area contributed by atoms with Crippen LogP contribution in [0, 0.1) is 0 Å². The molecule has 9 heteroatoms. The number of rotatable bonds is 11. The topological polar surface area (TPSA) is 125 Å². The number of ether oxygens (including phenoxy) is 3. The molecule has 0 bridgehead atoms. The van der Waals surface area contributed by atoms with Crippen LogP contribution in [0.5, 0.6) is 0 Å². The number of nitrogens with zero attached hydrogens (tertiary/aromatic N) is 6. The van der Waals surface area contributed by atoms with Crippen molar-refractivity contribution in [2.75, 3.05) is 39.6 Å². The summed E-state index contributed by atoms with van der Waals surface area (Å²) in [5, 5.41) is 6.49. The molecule has 0 amide bonds. The van der Waals surface area contributed by atoms with E-state index in [1.165, 1.54) is 0 Å². The van der Waals surface area contributed by atoms with E-state index in [-0.39, 0.29) is 6.61 Å². The molecule has 0 heterocycles. The van der Waals surface area contributed by atoms with Crippen LogP contribution in [0.1, 0.15) is 6.92 Å². The van der Waals surface area contributed by atoms with E-state index < -0.39 is 6.17 Å². The molecule has 0 aromatic heterocycles. The van der Waals surface area contributed by atoms with Gasteiger partial charge in [0.05, 0.1) is 33.0 Å². The van der Waals surface area contributed by atoms with Crippen LogP contribution in [0.15, 0.2) is 10.2 Å². The summed E-state index contributed by atoms with van der Waals surface area (Å²) < 4.78 is 15.4. The summed E-state index contributed by atoms with van der Waals surface area (Å²) in [6.07, 6.45) is -0.853. The van der Waals surface area contributed by atoms with E-state index in [0.29, 0.717) is 33.0 Å². The van der Waals surface area contributed by atoms with Crippen molar-refractivity contribution in [2.24, 2.45) is 10.2 Å². The highest BCUT2D eigenvalue weighted by atomic mass is 16.5. The Balaban J connectivity index is 3.42. The minimum Gasteiger partial charge on any atom is -0.379 e. The molecule has 0 fully saturated rings. The third-order valence-corrected chi connectivity index (χ3v) is 1.58. The zero-order valence-electron chi connectivity index (χ0n) is 9.73. The van der Waals surface area contributed by atoms with Crippen molar-refractivity contribution in [3.05, 3.63) is 20.9 Å². The molecule has 0 spiro atoms. The fourth-order valence-corrected chi connectivity index (χ4v) is 0.880. The van der Waals surface area contributed by atoms with E-state index in [2.05, 4.69) is 20.1 Å². The van der Waals surface area contributed by atoms with Gasteiger partial charge in [0.1, 0.15) is 6.17 Å². The predicted molar refractivity (Wildman–Crippen MR) is 60.2 cm³/mol. The Morgan fingerprint density at radius 3 is 2.00 bits per heavy atom. The zero-order chi connectivity index (χ0) is 12.8. The molecule has 0 saturated heterocycles. The van der Waals surface area contributed by atoms with Crippen molar-refractivity contribution in [2.45, 2.75) is 13.1 Å². The van der Waals surface area contributed by atoms with Crippen molar-refractivity contribution < 1.29 is 14.2 Å². The van der Waals surface area contributed by atoms with E-state index in [9.17, 15) is 0 Å². The third kappa shape index (κ3) is 10.8. The van der Waals surface area contributed by atoms with Gasteiger partial charge in [-0.15, -0.1) is 0 Å². The van der Waals surface area contributed by atoms with Crippen molar-refractivity contribution in [3.63, 3.8) is 0 Å². The lowest BCUT2D eigenvalue weighted by molar-refractivity contribution is 0.0147. The van der Waals surface area contributed by atoms with Gasteiger partial charge in [0.2, 0.25) is 0 Å². The van der Waals surface area contributed by atoms with Gasteiger partial charge in [-0.3, -0.25) is 0 Å². The molecule has 0 aliphatic carbocycles. The third-order valence-electron chi connectivity index (χ3n) is 1.58. The largest absolute Gasteiger partial charge is 0.379 e. The molecule has 0 saturated carbocycles. The molecule has 0 aliphatic heterocycles. The molecule has 0 N–H and O–H groups in total. The Hall–Kier alpha value is -1.50. The highest BCUT2D eigenvalue weighted by Crippen LogP contribution is 1.95. The van der Waals surface area contributed by atoms with E-state index in [0.717, 1.165) is 0 Å². The van der Waals surface area contributed by atoms with Crippen molar-refractivity contribution >= 4 is 0 Å². The van der Waals surface area contributed by atoms with Gasteiger partial charge in [-0.2, -0.15) is 0 Å². The van der Waals surface area contributed by atoms with E-state index in [1.54, 1.807) is 0 Å². The summed E-state index contributed by atoms with van der Waals surface area (Å²) in [7, 11) is 0. The molecule has 96 valence electrons. The maximum atomic E-state index is 8.17. The molecule has 0 atom stereocenters. The summed E-state index contributed by atoms with van der Waals surface area (Å²) in [6.45, 7) is 4.43. The second-order valence-corrected chi connectivity index (χ2v) is 2.77. The fourth-order valence-electron chi connectivity index (χ4n) is 0.880. The van der Waals surface area contributed by atoms with Crippen LogP contribution in [0.2, 0.25) is 0 Å². The SMILES string of the molecule is CCOCCOCCOCC(N=[N+]=[N-])N=[N+]=[N-]. The maximum Gasteiger partial charge on any atom is 0.139 e. The first-order chi connectivity index (χ1) is 8.35. The molecule has 0 rings (SSSR count). The van der Waals surface area contributed by atoms with Crippen molar-refractivity contribution in [3.8, 4) is 0 Å². The van der Waals surface area contributed by atoms with Crippen LogP contribution < -0.4 is 0 Å². The van der Waals surface area contributed by atoms with E-state index >= 15 is 0 Å². The molecule has 17 heavy (non-hydrogen) atoms. The molecular formula is C8H16N6O3. The van der Waals surface area contributed by atoms with Gasteiger partial charge in [-0.05, 0) is 18.0 Å². The van der Waals surface area contributed by atoms with Gasteiger partial charge in [0.25, 0.3) is 0 Å². The quantitative estimate of drug-likeness (QED) is 0.239. The highest BCUT2D eigenvalue weighted by Gasteiger charge is 2.02. The minimum atomic E-state index is -0.853. The summed E-state index contributed by atoms with van der Waals surface area (Å²) in [5.74, 6) is 0. The lowest BCUT2D eigenvalue weighted by Gasteiger charge is -2.07. The van der Waals surface area contributed by atoms with Gasteiger partial charge in [-0.25, -0.2) is 0 Å². The standard InChI is InChI=1S/C8H16N6O3/c1-2-15-3-4-16-5-6-17-7-8(11-13-9)12-14-10/h8H,2-7H2,1H3. The highest BCUT2D eigenvalue weighted by molar-refractivity contribution is 4.63. The molecular weight excluding hydrogens is 228 g/mol. The fraction of sp³-hybridized carbons (Fsp3) is 1.00. The van der Waals surface area contributed by atoms with Crippen molar-refractivity contribution in [1.29, 1.82) is 0 Å². The zero-order valence-corrected chi connectivity index (χ0v) is 9.73. The smallest absolute Gasteiger partial charge is 0.139 e. The van der Waals surface area contributed by atoms with Gasteiger partial charge < -0.3 is 14.2 Å². The van der Waals surface area contributed by atoms with Gasteiger partial charge >= 0.3 is 0 Å². The van der Waals surface area contributed by atoms with Crippen LogP contribution in [0.4, 0.5) is 0 Å². The van der Waals surface area contributed by atoms with Crippen LogP contribution in [-0.2, 0) is 14.2 Å². The monoisotopic (exact) mass is 244 g/mol. The first kappa shape index (κ1) is 15.5. The van der Waals surface area contributed by atoms with Crippen LogP contribution in [0.3, 0.4) is 0 Å². The lowest BCUT2D eigenvalue weighted by atomic mass is 10.6. The van der Waals surface area contributed by atoms with Crippen LogP contribution in [0.25, 0.3) is 20.9 Å². The molecule has 0 aromatic carbocycles. The Morgan fingerprint density at radius 2 is 1.47 bits per heavy atom. The molecule has 9 nitrogen and oxygen atoms in total. The summed E-state index contributed by atoms with van der Waals surface area (Å²) in [5.41, 5.74) is 16.3. The Labute approximate surface area is 98.9 Å². The molecule has 0 unspecified atom stereocenters. The number of hydrogen-bond donors (Lipinski definition) is 0. The van der Waals surface area contributed by atoms with Gasteiger partial charge in [0, 0.05) is 16.4 Å². The first-order valence-electron chi connectivity index (χ1n) is 5.16.